The van der Waals surface area contributed by atoms with Crippen LogP contribution in [0.15, 0.2) is 53.4 Å². The van der Waals surface area contributed by atoms with Crippen LogP contribution in [0.3, 0.4) is 0 Å². The van der Waals surface area contributed by atoms with Gasteiger partial charge >= 0.3 is 0 Å². The normalized spacial score (nSPS) is 11.2. The molecule has 2 aromatic rings. The Bertz CT molecular complexity index is 671. The van der Waals surface area contributed by atoms with E-state index in [0.717, 1.165) is 6.07 Å². The molecule has 0 saturated carbocycles. The quantitative estimate of drug-likeness (QED) is 0.837. The third-order valence-electron chi connectivity index (χ3n) is 2.31. The van der Waals surface area contributed by atoms with E-state index in [-0.39, 0.29) is 10.6 Å². The Hall–Kier alpha value is -2.08. The fourth-order valence-electron chi connectivity index (χ4n) is 1.43. The highest BCUT2D eigenvalue weighted by Gasteiger charge is 2.15. The van der Waals surface area contributed by atoms with Crippen molar-refractivity contribution < 1.29 is 12.8 Å². The first-order valence-electron chi connectivity index (χ1n) is 5.12. The van der Waals surface area contributed by atoms with Crippen molar-refractivity contribution in [2.75, 3.05) is 10.5 Å². The fourth-order valence-corrected chi connectivity index (χ4v) is 2.55. The zero-order valence-corrected chi connectivity index (χ0v) is 10.1. The van der Waals surface area contributed by atoms with Gasteiger partial charge in [-0.2, -0.15) is 0 Å². The highest BCUT2D eigenvalue weighted by atomic mass is 32.2. The molecule has 0 aliphatic carbocycles. The predicted octanol–water partition coefficient (Wildman–Crippen LogP) is 2.21. The average Bonchev–Trinajstić information content (AvgIpc) is 2.32. The predicted molar refractivity (Wildman–Crippen MR) is 68.1 cm³/mol. The number of halogens is 1. The minimum atomic E-state index is -3.83. The van der Waals surface area contributed by atoms with E-state index in [2.05, 4.69) is 4.72 Å². The van der Waals surface area contributed by atoms with E-state index in [9.17, 15) is 12.8 Å². The van der Waals surface area contributed by atoms with Crippen molar-refractivity contribution in [3.8, 4) is 0 Å². The van der Waals surface area contributed by atoms with Crippen molar-refractivity contribution in [2.24, 2.45) is 0 Å². The van der Waals surface area contributed by atoms with Gasteiger partial charge in [0.25, 0.3) is 10.0 Å². The number of hydrogen-bond acceptors (Lipinski definition) is 3. The molecule has 0 bridgehead atoms. The van der Waals surface area contributed by atoms with E-state index in [0.29, 0.717) is 5.69 Å². The van der Waals surface area contributed by atoms with Crippen molar-refractivity contribution in [1.29, 1.82) is 0 Å². The molecule has 0 amide bonds. The summed E-state index contributed by atoms with van der Waals surface area (Å²) in [4.78, 5) is -0.147. The van der Waals surface area contributed by atoms with Gasteiger partial charge in [0.15, 0.2) is 0 Å². The van der Waals surface area contributed by atoms with Gasteiger partial charge in [-0.15, -0.1) is 0 Å². The van der Waals surface area contributed by atoms with E-state index in [1.807, 2.05) is 0 Å². The van der Waals surface area contributed by atoms with Crippen LogP contribution in [-0.2, 0) is 10.0 Å². The Kier molecular flexibility index (Phi) is 3.20. The van der Waals surface area contributed by atoms with Gasteiger partial charge in [0.05, 0.1) is 16.3 Å². The molecule has 0 aromatic heterocycles. The van der Waals surface area contributed by atoms with Crippen molar-refractivity contribution in [1.82, 2.24) is 0 Å². The van der Waals surface area contributed by atoms with Crippen molar-refractivity contribution in [2.45, 2.75) is 4.90 Å². The molecule has 94 valence electrons. The summed E-state index contributed by atoms with van der Waals surface area (Å²) in [6.45, 7) is 0. The van der Waals surface area contributed by atoms with Gasteiger partial charge in [-0.1, -0.05) is 18.2 Å². The number of para-hydroxylation sites is 2. The first-order chi connectivity index (χ1) is 8.49. The van der Waals surface area contributed by atoms with Crippen LogP contribution in [0.5, 0.6) is 0 Å². The SMILES string of the molecule is Nc1ccccc1NS(=O)(=O)c1cccc(F)c1. The zero-order valence-electron chi connectivity index (χ0n) is 9.30. The van der Waals surface area contributed by atoms with E-state index >= 15 is 0 Å². The lowest BCUT2D eigenvalue weighted by atomic mass is 10.3. The standard InChI is InChI=1S/C12H11FN2O2S/c13-9-4-3-5-10(8-9)18(16,17)15-12-7-2-1-6-11(12)14/h1-8,15H,14H2. The molecule has 0 saturated heterocycles. The molecule has 2 aromatic carbocycles. The van der Waals surface area contributed by atoms with E-state index in [4.69, 9.17) is 5.73 Å². The van der Waals surface area contributed by atoms with Gasteiger partial charge in [0.1, 0.15) is 5.82 Å². The smallest absolute Gasteiger partial charge is 0.262 e. The summed E-state index contributed by atoms with van der Waals surface area (Å²) in [5.74, 6) is -0.612. The molecule has 0 heterocycles. The Balaban J connectivity index is 2.37. The number of anilines is 2. The topological polar surface area (TPSA) is 72.2 Å². The molecule has 0 atom stereocenters. The maximum absolute atomic E-state index is 13.0. The number of rotatable bonds is 3. The van der Waals surface area contributed by atoms with Gasteiger partial charge in [-0.3, -0.25) is 4.72 Å². The van der Waals surface area contributed by atoms with Crippen molar-refractivity contribution >= 4 is 21.4 Å². The van der Waals surface area contributed by atoms with Gasteiger partial charge in [0.2, 0.25) is 0 Å². The van der Waals surface area contributed by atoms with Gasteiger partial charge < -0.3 is 5.73 Å². The summed E-state index contributed by atoms with van der Waals surface area (Å²) in [5, 5.41) is 0. The maximum atomic E-state index is 13.0. The molecule has 0 radical (unpaired) electrons. The second-order valence-electron chi connectivity index (χ2n) is 3.65. The summed E-state index contributed by atoms with van der Waals surface area (Å²) in [7, 11) is -3.83. The van der Waals surface area contributed by atoms with Crippen LogP contribution in [0, 0.1) is 5.82 Å². The van der Waals surface area contributed by atoms with Gasteiger partial charge in [-0.25, -0.2) is 12.8 Å². The van der Waals surface area contributed by atoms with Crippen LogP contribution in [0.1, 0.15) is 0 Å². The third kappa shape index (κ3) is 2.60. The number of nitrogens with one attached hydrogen (secondary N) is 1. The number of benzene rings is 2. The molecule has 0 unspecified atom stereocenters. The highest BCUT2D eigenvalue weighted by Crippen LogP contribution is 2.21. The largest absolute Gasteiger partial charge is 0.397 e. The minimum Gasteiger partial charge on any atom is -0.397 e. The summed E-state index contributed by atoms with van der Waals surface area (Å²) in [6, 6.07) is 11.2. The van der Waals surface area contributed by atoms with Crippen LogP contribution < -0.4 is 10.5 Å². The van der Waals surface area contributed by atoms with Crippen LogP contribution in [0.2, 0.25) is 0 Å². The number of sulfonamides is 1. The average molecular weight is 266 g/mol. The molecule has 4 nitrogen and oxygen atoms in total. The number of nitrogen functional groups attached to an aromatic ring is 1. The minimum absolute atomic E-state index is 0.147. The molecule has 0 aliphatic heterocycles. The maximum Gasteiger partial charge on any atom is 0.262 e. The van der Waals surface area contributed by atoms with Gasteiger partial charge in [0, 0.05) is 0 Å². The molecule has 3 N–H and O–H groups in total. The first-order valence-corrected chi connectivity index (χ1v) is 6.60. The molecule has 0 spiro atoms. The van der Waals surface area contributed by atoms with Crippen LogP contribution in [0.25, 0.3) is 0 Å². The Labute approximate surface area is 104 Å². The first kappa shape index (κ1) is 12.4. The second-order valence-corrected chi connectivity index (χ2v) is 5.33. The Morgan fingerprint density at radius 3 is 2.44 bits per heavy atom. The molecule has 0 aliphatic rings. The van der Waals surface area contributed by atoms with Crippen LogP contribution in [0.4, 0.5) is 15.8 Å². The van der Waals surface area contributed by atoms with E-state index in [1.54, 1.807) is 18.2 Å². The molecular formula is C12H11FN2O2S. The monoisotopic (exact) mass is 266 g/mol. The highest BCUT2D eigenvalue weighted by molar-refractivity contribution is 7.92. The number of hydrogen-bond donors (Lipinski definition) is 2. The summed E-state index contributed by atoms with van der Waals surface area (Å²) in [5.41, 5.74) is 6.20. The van der Waals surface area contributed by atoms with E-state index in [1.165, 1.54) is 24.3 Å². The summed E-state index contributed by atoms with van der Waals surface area (Å²) >= 11 is 0. The van der Waals surface area contributed by atoms with Crippen LogP contribution >= 0.6 is 0 Å². The molecule has 2 rings (SSSR count). The lowest BCUT2D eigenvalue weighted by Gasteiger charge is -2.09. The van der Waals surface area contributed by atoms with Crippen molar-refractivity contribution in [3.63, 3.8) is 0 Å². The summed E-state index contributed by atoms with van der Waals surface area (Å²) < 4.78 is 39.3. The fraction of sp³-hybridized carbons (Fsp3) is 0. The van der Waals surface area contributed by atoms with E-state index < -0.39 is 15.8 Å². The Morgan fingerprint density at radius 2 is 1.78 bits per heavy atom. The summed E-state index contributed by atoms with van der Waals surface area (Å²) in [6.07, 6.45) is 0. The van der Waals surface area contributed by atoms with Gasteiger partial charge in [-0.05, 0) is 30.3 Å². The molecule has 18 heavy (non-hydrogen) atoms. The number of nitrogens with two attached hydrogens (primary N) is 1. The van der Waals surface area contributed by atoms with Crippen LogP contribution in [-0.4, -0.2) is 8.42 Å². The molecule has 6 heteroatoms. The molecular weight excluding hydrogens is 255 g/mol. The zero-order chi connectivity index (χ0) is 13.2. The lowest BCUT2D eigenvalue weighted by Crippen LogP contribution is -2.14. The second kappa shape index (κ2) is 4.66. The lowest BCUT2D eigenvalue weighted by molar-refractivity contribution is 0.595. The van der Waals surface area contributed by atoms with Crippen molar-refractivity contribution in [3.05, 3.63) is 54.3 Å². The third-order valence-corrected chi connectivity index (χ3v) is 3.67. The molecule has 0 fully saturated rings. The Morgan fingerprint density at radius 1 is 1.06 bits per heavy atom.